The molecule has 4 saturated carbocycles. The molecule has 7 atom stereocenters. The molecule has 0 unspecified atom stereocenters. The van der Waals surface area contributed by atoms with Crippen molar-refractivity contribution in [3.8, 4) is 0 Å². The van der Waals surface area contributed by atoms with Gasteiger partial charge in [0.1, 0.15) is 5.60 Å². The molecule has 4 fully saturated rings. The minimum Gasteiger partial charge on any atom is -0.384 e. The molecule has 1 nitrogen and oxygen atoms in total. The third-order valence-corrected chi connectivity index (χ3v) is 8.65. The molecule has 24 heavy (non-hydrogen) atoms. The van der Waals surface area contributed by atoms with Crippen molar-refractivity contribution in [2.75, 3.05) is 0 Å². The first-order valence-corrected chi connectivity index (χ1v) is 10.1. The molecule has 0 aliphatic heterocycles. The lowest BCUT2D eigenvalue weighted by Crippen LogP contribution is -2.52. The number of hydrogen-bond acceptors (Lipinski definition) is 1. The molecule has 0 aromatic carbocycles. The smallest absolute Gasteiger partial charge is 0.266 e. The van der Waals surface area contributed by atoms with Gasteiger partial charge in [0.05, 0.1) is 0 Å². The monoisotopic (exact) mass is 338 g/mol. The van der Waals surface area contributed by atoms with E-state index in [-0.39, 0.29) is 0 Å². The van der Waals surface area contributed by atoms with Gasteiger partial charge in [-0.2, -0.15) is 0 Å². The summed E-state index contributed by atoms with van der Waals surface area (Å²) in [6.45, 7) is 4.68. The van der Waals surface area contributed by atoms with Crippen LogP contribution in [0.5, 0.6) is 0 Å². The highest BCUT2D eigenvalue weighted by Crippen LogP contribution is 2.64. The van der Waals surface area contributed by atoms with Crippen LogP contribution in [0.3, 0.4) is 0 Å². The van der Waals surface area contributed by atoms with Crippen LogP contribution in [0.15, 0.2) is 11.6 Å². The average molecular weight is 338 g/mol. The second-order valence-electron chi connectivity index (χ2n) is 9.39. The normalized spacial score (nSPS) is 52.9. The lowest BCUT2D eigenvalue weighted by atomic mass is 9.49. The molecule has 0 radical (unpaired) electrons. The molecule has 136 valence electrons. The van der Waals surface area contributed by atoms with E-state index < -0.39 is 12.0 Å². The minimum atomic E-state index is -2.59. The fraction of sp³-hybridized carbons (Fsp3) is 0.905. The Kier molecular flexibility index (Phi) is 4.10. The molecule has 4 rings (SSSR count). The molecule has 3 heteroatoms. The maximum absolute atomic E-state index is 13.2. The summed E-state index contributed by atoms with van der Waals surface area (Å²) in [7, 11) is 0. The molecule has 4 aliphatic carbocycles. The van der Waals surface area contributed by atoms with Crippen LogP contribution in [0.25, 0.3) is 0 Å². The molecule has 0 bridgehead atoms. The first-order chi connectivity index (χ1) is 11.4. The van der Waals surface area contributed by atoms with Gasteiger partial charge in [0.15, 0.2) is 0 Å². The highest BCUT2D eigenvalue weighted by Gasteiger charge is 2.57. The number of aliphatic hydroxyl groups is 1. The number of rotatable bonds is 1. The molecule has 0 aromatic rings. The van der Waals surface area contributed by atoms with Crippen LogP contribution in [0.2, 0.25) is 0 Å². The summed E-state index contributed by atoms with van der Waals surface area (Å²) in [5.74, 6) is 3.23. The highest BCUT2D eigenvalue weighted by atomic mass is 19.3. The third-order valence-electron chi connectivity index (χ3n) is 8.65. The number of allylic oxidation sites excluding steroid dienone is 2. The van der Waals surface area contributed by atoms with Gasteiger partial charge in [-0.25, -0.2) is 8.78 Å². The third kappa shape index (κ3) is 2.33. The zero-order chi connectivity index (χ0) is 17.1. The molecule has 4 aliphatic rings. The molecule has 0 spiro atoms. The van der Waals surface area contributed by atoms with Crippen molar-refractivity contribution in [1.82, 2.24) is 0 Å². The standard InChI is InChI=1S/C21H32F2O/c1-3-14-5-7-18-17-6-4-13-12-21(24,19(22)23)11-9-15(13)16(17)8-10-20(14,18)2/h3,13,15-19,24H,4-12H2,1-2H3/b14-3+/t13-,15+,16-,17-,18+,20-,21-/m1/s1. The Morgan fingerprint density at radius 2 is 1.79 bits per heavy atom. The van der Waals surface area contributed by atoms with Gasteiger partial charge in [-0.3, -0.25) is 0 Å². The minimum absolute atomic E-state index is 0.303. The van der Waals surface area contributed by atoms with E-state index in [9.17, 15) is 13.9 Å². The van der Waals surface area contributed by atoms with Crippen molar-refractivity contribution >= 4 is 0 Å². The van der Waals surface area contributed by atoms with Crippen molar-refractivity contribution < 1.29 is 13.9 Å². The van der Waals surface area contributed by atoms with Crippen molar-refractivity contribution in [3.63, 3.8) is 0 Å². The van der Waals surface area contributed by atoms with Gasteiger partial charge in [0.25, 0.3) is 6.43 Å². The van der Waals surface area contributed by atoms with Crippen LogP contribution < -0.4 is 0 Å². The number of alkyl halides is 2. The largest absolute Gasteiger partial charge is 0.384 e. The van der Waals surface area contributed by atoms with Crippen molar-refractivity contribution in [2.45, 2.75) is 83.7 Å². The Morgan fingerprint density at radius 3 is 2.50 bits per heavy atom. The molecule has 0 amide bonds. The highest BCUT2D eigenvalue weighted by molar-refractivity contribution is 5.23. The van der Waals surface area contributed by atoms with Gasteiger partial charge in [0, 0.05) is 0 Å². The summed E-state index contributed by atoms with van der Waals surface area (Å²) >= 11 is 0. The summed E-state index contributed by atoms with van der Waals surface area (Å²) in [5.41, 5.74) is 0.368. The number of halogens is 2. The second kappa shape index (κ2) is 5.79. The molecular formula is C21H32F2O. The quantitative estimate of drug-likeness (QED) is 0.619. The van der Waals surface area contributed by atoms with Crippen LogP contribution in [0, 0.1) is 35.0 Å². The second-order valence-corrected chi connectivity index (χ2v) is 9.39. The molecule has 0 heterocycles. The maximum Gasteiger partial charge on any atom is 0.266 e. The zero-order valence-corrected chi connectivity index (χ0v) is 15.1. The summed E-state index contributed by atoms with van der Waals surface area (Å²) in [5, 5.41) is 10.3. The van der Waals surface area contributed by atoms with Gasteiger partial charge in [-0.15, -0.1) is 0 Å². The van der Waals surface area contributed by atoms with E-state index in [0.29, 0.717) is 30.1 Å². The average Bonchev–Trinajstić information content (AvgIpc) is 2.90. The lowest BCUT2D eigenvalue weighted by molar-refractivity contribution is -0.157. The van der Waals surface area contributed by atoms with Gasteiger partial charge in [0.2, 0.25) is 0 Å². The van der Waals surface area contributed by atoms with Crippen LogP contribution in [-0.2, 0) is 0 Å². The van der Waals surface area contributed by atoms with Crippen LogP contribution in [0.4, 0.5) is 8.78 Å². The van der Waals surface area contributed by atoms with Crippen molar-refractivity contribution in [1.29, 1.82) is 0 Å². The van der Waals surface area contributed by atoms with Gasteiger partial charge >= 0.3 is 0 Å². The topological polar surface area (TPSA) is 20.2 Å². The predicted octanol–water partition coefficient (Wildman–Crippen LogP) is 5.58. The zero-order valence-electron chi connectivity index (χ0n) is 15.1. The van der Waals surface area contributed by atoms with E-state index in [0.717, 1.165) is 30.6 Å². The Labute approximate surface area is 144 Å². The first-order valence-electron chi connectivity index (χ1n) is 10.1. The molecule has 1 N–H and O–H groups in total. The number of fused-ring (bicyclic) bond motifs is 5. The number of hydrogen-bond donors (Lipinski definition) is 1. The van der Waals surface area contributed by atoms with E-state index in [1.54, 1.807) is 5.57 Å². The van der Waals surface area contributed by atoms with Crippen LogP contribution >= 0.6 is 0 Å². The maximum atomic E-state index is 13.2. The first kappa shape index (κ1) is 17.0. The SMILES string of the molecule is C/C=C1\CC[C@H]2[C@@H]3CC[C@@H]4C[C@@](O)(C(F)F)CC[C@@H]4[C@H]3CC[C@]12C. The predicted molar refractivity (Wildman–Crippen MR) is 91.8 cm³/mol. The van der Waals surface area contributed by atoms with Crippen molar-refractivity contribution in [3.05, 3.63) is 11.6 Å². The summed E-state index contributed by atoms with van der Waals surface area (Å²) in [6, 6.07) is 0. The Balaban J connectivity index is 1.54. The van der Waals surface area contributed by atoms with E-state index in [1.807, 2.05) is 0 Å². The lowest BCUT2D eigenvalue weighted by Gasteiger charge is -2.56. The van der Waals surface area contributed by atoms with E-state index in [4.69, 9.17) is 0 Å². The fourth-order valence-electron chi connectivity index (χ4n) is 7.43. The Bertz CT molecular complexity index is 530. The molecular weight excluding hydrogens is 306 g/mol. The summed E-state index contributed by atoms with van der Waals surface area (Å²) in [6.07, 6.45) is 8.61. The van der Waals surface area contributed by atoms with Gasteiger partial charge in [-0.1, -0.05) is 18.6 Å². The summed E-state index contributed by atoms with van der Waals surface area (Å²) < 4.78 is 26.5. The van der Waals surface area contributed by atoms with Crippen molar-refractivity contribution in [2.24, 2.45) is 35.0 Å². The fourth-order valence-corrected chi connectivity index (χ4v) is 7.43. The Morgan fingerprint density at radius 1 is 1.04 bits per heavy atom. The summed E-state index contributed by atoms with van der Waals surface area (Å²) in [4.78, 5) is 0. The van der Waals surface area contributed by atoms with Crippen LogP contribution in [-0.4, -0.2) is 17.1 Å². The Hall–Kier alpha value is -0.440. The molecule has 0 aromatic heterocycles. The molecule has 0 saturated heterocycles. The van der Waals surface area contributed by atoms with E-state index in [1.165, 1.54) is 32.1 Å². The van der Waals surface area contributed by atoms with Gasteiger partial charge in [-0.05, 0) is 99.7 Å². The van der Waals surface area contributed by atoms with Gasteiger partial charge < -0.3 is 5.11 Å². The van der Waals surface area contributed by atoms with E-state index in [2.05, 4.69) is 19.9 Å². The van der Waals surface area contributed by atoms with E-state index >= 15 is 0 Å². The van der Waals surface area contributed by atoms with Crippen LogP contribution in [0.1, 0.15) is 71.6 Å².